The summed E-state index contributed by atoms with van der Waals surface area (Å²) < 4.78 is 2.07. The molecular weight excluding hydrogens is 310 g/mol. The third kappa shape index (κ3) is 3.42. The predicted octanol–water partition coefficient (Wildman–Crippen LogP) is 2.04. The first-order valence-electron chi connectivity index (χ1n) is 8.35. The molecule has 1 saturated heterocycles. The molecule has 23 heavy (non-hydrogen) atoms. The second-order valence-corrected chi connectivity index (χ2v) is 7.55. The van der Waals surface area contributed by atoms with E-state index in [9.17, 15) is 9.59 Å². The van der Waals surface area contributed by atoms with E-state index < -0.39 is 0 Å². The Hall–Kier alpha value is -1.43. The van der Waals surface area contributed by atoms with Gasteiger partial charge >= 0.3 is 0 Å². The van der Waals surface area contributed by atoms with E-state index in [4.69, 9.17) is 0 Å². The van der Waals surface area contributed by atoms with E-state index in [0.29, 0.717) is 18.2 Å². The Labute approximate surface area is 141 Å². The number of thioether (sulfide) groups is 1. The summed E-state index contributed by atoms with van der Waals surface area (Å²) in [5, 5.41) is 3.00. The van der Waals surface area contributed by atoms with Crippen molar-refractivity contribution in [3.8, 4) is 0 Å². The summed E-state index contributed by atoms with van der Waals surface area (Å²) in [6, 6.07) is 3.76. The quantitative estimate of drug-likeness (QED) is 0.916. The van der Waals surface area contributed by atoms with E-state index in [1.54, 1.807) is 16.7 Å². The minimum atomic E-state index is -0.311. The van der Waals surface area contributed by atoms with Crippen molar-refractivity contribution < 1.29 is 9.59 Å². The molecule has 5 nitrogen and oxygen atoms in total. The number of rotatable bonds is 4. The number of hydrogen-bond donors (Lipinski definition) is 1. The molecule has 3 rings (SSSR count). The van der Waals surface area contributed by atoms with Crippen LogP contribution in [0.4, 0.5) is 0 Å². The van der Waals surface area contributed by atoms with Gasteiger partial charge in [-0.25, -0.2) is 0 Å². The fourth-order valence-electron chi connectivity index (χ4n) is 3.42. The highest BCUT2D eigenvalue weighted by Crippen LogP contribution is 2.30. The lowest BCUT2D eigenvalue weighted by atomic mass is 10.1. The summed E-state index contributed by atoms with van der Waals surface area (Å²) in [7, 11) is 2.00. The maximum atomic E-state index is 12.6. The highest BCUT2D eigenvalue weighted by atomic mass is 32.2. The van der Waals surface area contributed by atoms with Crippen LogP contribution in [-0.4, -0.2) is 39.0 Å². The van der Waals surface area contributed by atoms with Gasteiger partial charge < -0.3 is 14.8 Å². The zero-order chi connectivity index (χ0) is 16.4. The summed E-state index contributed by atoms with van der Waals surface area (Å²) in [6.45, 7) is 2.55. The number of carbonyl (C=O) groups excluding carboxylic acids is 2. The molecule has 1 atom stereocenters. The first-order valence-corrected chi connectivity index (χ1v) is 9.50. The van der Waals surface area contributed by atoms with Crippen LogP contribution in [0.3, 0.4) is 0 Å². The van der Waals surface area contributed by atoms with Crippen molar-refractivity contribution in [3.63, 3.8) is 0 Å². The normalized spacial score (nSPS) is 21.8. The first-order chi connectivity index (χ1) is 11.1. The van der Waals surface area contributed by atoms with Crippen LogP contribution in [-0.2, 0) is 23.2 Å². The van der Waals surface area contributed by atoms with Crippen LogP contribution in [0.15, 0.2) is 12.1 Å². The smallest absolute Gasteiger partial charge is 0.244 e. The minimum Gasteiger partial charge on any atom is -0.350 e. The summed E-state index contributed by atoms with van der Waals surface area (Å²) in [5.74, 6) is 1.65. The van der Waals surface area contributed by atoms with Gasteiger partial charge in [-0.1, -0.05) is 12.8 Å². The number of hydrogen-bond acceptors (Lipinski definition) is 3. The van der Waals surface area contributed by atoms with Crippen LogP contribution in [0.5, 0.6) is 0 Å². The number of amides is 2. The van der Waals surface area contributed by atoms with Crippen molar-refractivity contribution in [2.24, 2.45) is 13.0 Å². The number of nitrogens with zero attached hydrogens (tertiary/aromatic N) is 2. The number of aryl methyl sites for hydroxylation is 1. The maximum Gasteiger partial charge on any atom is 0.244 e. The summed E-state index contributed by atoms with van der Waals surface area (Å²) in [4.78, 5) is 27.0. The minimum absolute atomic E-state index is 0.0276. The van der Waals surface area contributed by atoms with E-state index in [-0.39, 0.29) is 23.8 Å². The number of aromatic nitrogens is 1. The molecule has 1 aromatic rings. The van der Waals surface area contributed by atoms with Crippen LogP contribution in [0.1, 0.15) is 37.1 Å². The van der Waals surface area contributed by atoms with E-state index >= 15 is 0 Å². The summed E-state index contributed by atoms with van der Waals surface area (Å²) in [6.07, 6.45) is 4.25. The van der Waals surface area contributed by atoms with Gasteiger partial charge in [0.1, 0.15) is 6.04 Å². The van der Waals surface area contributed by atoms with Crippen LogP contribution >= 0.6 is 11.8 Å². The Morgan fingerprint density at radius 2 is 2.04 bits per heavy atom. The Morgan fingerprint density at radius 3 is 2.70 bits per heavy atom. The third-order valence-electron chi connectivity index (χ3n) is 5.09. The Balaban J connectivity index is 1.59. The zero-order valence-electron chi connectivity index (χ0n) is 13.9. The van der Waals surface area contributed by atoms with Gasteiger partial charge in [-0.2, -0.15) is 0 Å². The molecule has 1 aliphatic carbocycles. The van der Waals surface area contributed by atoms with Gasteiger partial charge in [-0.3, -0.25) is 9.59 Å². The predicted molar refractivity (Wildman–Crippen MR) is 91.9 cm³/mol. The van der Waals surface area contributed by atoms with E-state index in [2.05, 4.69) is 9.88 Å². The van der Waals surface area contributed by atoms with Crippen LogP contribution in [0, 0.1) is 12.8 Å². The van der Waals surface area contributed by atoms with Gasteiger partial charge in [0.25, 0.3) is 0 Å². The van der Waals surface area contributed by atoms with E-state index in [0.717, 1.165) is 31.4 Å². The van der Waals surface area contributed by atoms with E-state index in [1.165, 1.54) is 5.69 Å². The molecule has 6 heteroatoms. The lowest BCUT2D eigenvalue weighted by Crippen LogP contribution is -2.48. The molecule has 1 aliphatic heterocycles. The molecule has 1 N–H and O–H groups in total. The average molecular weight is 335 g/mol. The van der Waals surface area contributed by atoms with Gasteiger partial charge in [0.15, 0.2) is 0 Å². The molecule has 2 aliphatic rings. The van der Waals surface area contributed by atoms with Crippen molar-refractivity contribution in [2.75, 3.05) is 11.6 Å². The Bertz CT molecular complexity index is 593. The summed E-state index contributed by atoms with van der Waals surface area (Å²) >= 11 is 1.67. The van der Waals surface area contributed by atoms with Crippen molar-refractivity contribution in [1.29, 1.82) is 0 Å². The summed E-state index contributed by atoms with van der Waals surface area (Å²) in [5.41, 5.74) is 2.25. The first kappa shape index (κ1) is 16.4. The lowest BCUT2D eigenvalue weighted by Gasteiger charge is -2.25. The molecular formula is C17H25N3O2S. The molecule has 2 heterocycles. The van der Waals surface area contributed by atoms with Crippen molar-refractivity contribution in [3.05, 3.63) is 23.5 Å². The standard InChI is InChI=1S/C17H25N3O2S/c1-12-7-8-14(19(12)2)9-18-16(21)15-10-23-11-20(15)17(22)13-5-3-4-6-13/h7-8,13,15H,3-6,9-11H2,1-2H3,(H,18,21)/t15-/m1/s1. The second kappa shape index (κ2) is 6.99. The Morgan fingerprint density at radius 1 is 1.30 bits per heavy atom. The molecule has 0 spiro atoms. The maximum absolute atomic E-state index is 12.6. The average Bonchev–Trinajstić information content (AvgIpc) is 3.28. The molecule has 2 fully saturated rings. The highest BCUT2D eigenvalue weighted by Gasteiger charge is 2.38. The molecule has 0 bridgehead atoms. The molecule has 0 unspecified atom stereocenters. The fourth-order valence-corrected chi connectivity index (χ4v) is 4.59. The molecule has 0 radical (unpaired) electrons. The van der Waals surface area contributed by atoms with Crippen molar-refractivity contribution >= 4 is 23.6 Å². The number of nitrogens with one attached hydrogen (secondary N) is 1. The zero-order valence-corrected chi connectivity index (χ0v) is 14.7. The molecule has 1 saturated carbocycles. The topological polar surface area (TPSA) is 54.3 Å². The van der Waals surface area contributed by atoms with Gasteiger partial charge in [-0.15, -0.1) is 11.8 Å². The Kier molecular flexibility index (Phi) is 4.99. The van der Waals surface area contributed by atoms with E-state index in [1.807, 2.05) is 26.1 Å². The monoisotopic (exact) mass is 335 g/mol. The van der Waals surface area contributed by atoms with Crippen LogP contribution in [0.25, 0.3) is 0 Å². The molecule has 126 valence electrons. The highest BCUT2D eigenvalue weighted by molar-refractivity contribution is 7.99. The van der Waals surface area contributed by atoms with Crippen LogP contribution < -0.4 is 5.32 Å². The molecule has 0 aromatic carbocycles. The third-order valence-corrected chi connectivity index (χ3v) is 6.11. The van der Waals surface area contributed by atoms with Gasteiger partial charge in [0.05, 0.1) is 12.4 Å². The van der Waals surface area contributed by atoms with Gasteiger partial charge in [0, 0.05) is 30.1 Å². The second-order valence-electron chi connectivity index (χ2n) is 6.55. The van der Waals surface area contributed by atoms with Crippen molar-refractivity contribution in [2.45, 2.75) is 45.2 Å². The van der Waals surface area contributed by atoms with Gasteiger partial charge in [0.2, 0.25) is 11.8 Å². The van der Waals surface area contributed by atoms with Gasteiger partial charge in [-0.05, 0) is 31.9 Å². The SMILES string of the molecule is Cc1ccc(CNC(=O)[C@H]2CSCN2C(=O)C2CCCC2)n1C. The lowest BCUT2D eigenvalue weighted by molar-refractivity contribution is -0.141. The van der Waals surface area contributed by atoms with Crippen LogP contribution in [0.2, 0.25) is 0 Å². The number of carbonyl (C=O) groups is 2. The fraction of sp³-hybridized carbons (Fsp3) is 0.647. The van der Waals surface area contributed by atoms with Crippen molar-refractivity contribution in [1.82, 2.24) is 14.8 Å². The largest absolute Gasteiger partial charge is 0.350 e. The molecule has 2 amide bonds. The molecule has 1 aromatic heterocycles.